The lowest BCUT2D eigenvalue weighted by Crippen LogP contribution is -2.49. The summed E-state index contributed by atoms with van der Waals surface area (Å²) < 4.78 is 11.0. The zero-order valence-electron chi connectivity index (χ0n) is 17.3. The van der Waals surface area contributed by atoms with Crippen LogP contribution in [-0.4, -0.2) is 68.4 Å². The number of nitrogens with one attached hydrogen (secondary N) is 2. The summed E-state index contributed by atoms with van der Waals surface area (Å²) in [5.74, 6) is 2.32. The van der Waals surface area contributed by atoms with Gasteiger partial charge in [0.2, 0.25) is 5.88 Å². The molecule has 0 spiro atoms. The first-order valence-corrected chi connectivity index (χ1v) is 10.6. The van der Waals surface area contributed by atoms with Gasteiger partial charge >= 0.3 is 0 Å². The van der Waals surface area contributed by atoms with Gasteiger partial charge in [-0.3, -0.25) is 0 Å². The number of guanidine groups is 1. The van der Waals surface area contributed by atoms with Crippen molar-refractivity contribution in [3.63, 3.8) is 0 Å². The molecule has 0 amide bonds. The summed E-state index contributed by atoms with van der Waals surface area (Å²) in [5.41, 5.74) is 1.12. The molecule has 1 saturated carbocycles. The fraction of sp³-hybridized carbons (Fsp3) is 0.714. The van der Waals surface area contributed by atoms with Crippen LogP contribution in [0, 0.1) is 5.92 Å². The second kappa shape index (κ2) is 11.2. The van der Waals surface area contributed by atoms with E-state index in [1.54, 1.807) is 7.11 Å². The van der Waals surface area contributed by atoms with Gasteiger partial charge in [-0.25, -0.2) is 9.98 Å². The first kappa shape index (κ1) is 20.9. The highest BCUT2D eigenvalue weighted by atomic mass is 16.5. The molecule has 2 aliphatic rings. The van der Waals surface area contributed by atoms with Crippen LogP contribution >= 0.6 is 0 Å². The van der Waals surface area contributed by atoms with Crippen molar-refractivity contribution >= 4 is 5.96 Å². The summed E-state index contributed by atoms with van der Waals surface area (Å²) in [4.78, 5) is 11.5. The third-order valence-corrected chi connectivity index (χ3v) is 5.27. The number of aliphatic imine (C=N–C) groups is 1. The Morgan fingerprint density at radius 1 is 1.29 bits per heavy atom. The van der Waals surface area contributed by atoms with Crippen LogP contribution in [0.5, 0.6) is 5.88 Å². The molecule has 2 fully saturated rings. The molecule has 1 aliphatic carbocycles. The first-order chi connectivity index (χ1) is 13.8. The summed E-state index contributed by atoms with van der Waals surface area (Å²) in [6.07, 6.45) is 6.63. The van der Waals surface area contributed by atoms with E-state index in [1.165, 1.54) is 12.8 Å². The van der Waals surface area contributed by atoms with Gasteiger partial charge in [-0.15, -0.1) is 0 Å². The Morgan fingerprint density at radius 3 is 2.82 bits per heavy atom. The SMILES string of the molecule is CCNC(=NCc1ccnc(OCC2CC2)c1)NC1CCN(CCOC)CC1. The van der Waals surface area contributed by atoms with Crippen molar-refractivity contribution in [2.24, 2.45) is 10.9 Å². The lowest BCUT2D eigenvalue weighted by Gasteiger charge is -2.32. The molecular formula is C21H35N5O2. The topological polar surface area (TPSA) is 71.0 Å². The third kappa shape index (κ3) is 7.28. The number of rotatable bonds is 10. The minimum absolute atomic E-state index is 0.464. The van der Waals surface area contributed by atoms with Gasteiger partial charge in [0, 0.05) is 51.6 Å². The van der Waals surface area contributed by atoms with E-state index in [0.717, 1.165) is 69.7 Å². The van der Waals surface area contributed by atoms with Crippen molar-refractivity contribution in [2.45, 2.75) is 45.2 Å². The predicted molar refractivity (Wildman–Crippen MR) is 112 cm³/mol. The van der Waals surface area contributed by atoms with Crippen LogP contribution in [0.1, 0.15) is 38.2 Å². The van der Waals surface area contributed by atoms with E-state index in [9.17, 15) is 0 Å². The first-order valence-electron chi connectivity index (χ1n) is 10.6. The van der Waals surface area contributed by atoms with Crippen molar-refractivity contribution in [3.05, 3.63) is 23.9 Å². The molecule has 1 aromatic heterocycles. The smallest absolute Gasteiger partial charge is 0.213 e. The summed E-state index contributed by atoms with van der Waals surface area (Å²) >= 11 is 0. The maximum atomic E-state index is 5.78. The molecule has 1 aliphatic heterocycles. The van der Waals surface area contributed by atoms with Gasteiger partial charge in [-0.1, -0.05) is 0 Å². The van der Waals surface area contributed by atoms with Gasteiger partial charge < -0.3 is 25.0 Å². The maximum Gasteiger partial charge on any atom is 0.213 e. The molecule has 3 rings (SSSR count). The van der Waals surface area contributed by atoms with Crippen LogP contribution in [0.4, 0.5) is 0 Å². The van der Waals surface area contributed by atoms with E-state index >= 15 is 0 Å². The fourth-order valence-corrected chi connectivity index (χ4v) is 3.32. The van der Waals surface area contributed by atoms with E-state index < -0.39 is 0 Å². The minimum Gasteiger partial charge on any atom is -0.477 e. The molecule has 2 N–H and O–H groups in total. The fourth-order valence-electron chi connectivity index (χ4n) is 3.32. The van der Waals surface area contributed by atoms with E-state index in [0.29, 0.717) is 18.5 Å². The normalized spacial score (nSPS) is 18.9. The number of methoxy groups -OCH3 is 1. The molecular weight excluding hydrogens is 354 g/mol. The van der Waals surface area contributed by atoms with Crippen LogP contribution in [-0.2, 0) is 11.3 Å². The molecule has 1 saturated heterocycles. The van der Waals surface area contributed by atoms with Gasteiger partial charge in [-0.05, 0) is 50.2 Å². The maximum absolute atomic E-state index is 5.78. The molecule has 156 valence electrons. The summed E-state index contributed by atoms with van der Waals surface area (Å²) in [7, 11) is 1.76. The molecule has 0 aromatic carbocycles. The predicted octanol–water partition coefficient (Wildman–Crippen LogP) is 2.04. The van der Waals surface area contributed by atoms with Crippen LogP contribution in [0.15, 0.2) is 23.3 Å². The monoisotopic (exact) mass is 389 g/mol. The lowest BCUT2D eigenvalue weighted by atomic mass is 10.1. The number of aromatic nitrogens is 1. The van der Waals surface area contributed by atoms with Gasteiger partial charge in [0.1, 0.15) is 0 Å². The highest BCUT2D eigenvalue weighted by Gasteiger charge is 2.22. The Hall–Kier alpha value is -1.86. The second-order valence-corrected chi connectivity index (χ2v) is 7.70. The Kier molecular flexibility index (Phi) is 8.36. The van der Waals surface area contributed by atoms with Gasteiger partial charge in [0.15, 0.2) is 5.96 Å². The lowest BCUT2D eigenvalue weighted by molar-refractivity contribution is 0.128. The molecule has 2 heterocycles. The summed E-state index contributed by atoms with van der Waals surface area (Å²) in [6, 6.07) is 4.47. The standard InChI is InChI=1S/C21H35N5O2/c1-3-22-21(25-19-7-10-26(11-8-19)12-13-27-2)24-15-18-6-9-23-20(14-18)28-16-17-4-5-17/h6,9,14,17,19H,3-5,7-8,10-13,15-16H2,1-2H3,(H2,22,24,25). The molecule has 7 nitrogen and oxygen atoms in total. The van der Waals surface area contributed by atoms with E-state index in [4.69, 9.17) is 14.5 Å². The minimum atomic E-state index is 0.464. The highest BCUT2D eigenvalue weighted by Crippen LogP contribution is 2.29. The Labute approximate surface area is 168 Å². The summed E-state index contributed by atoms with van der Waals surface area (Å²) in [6.45, 7) is 8.38. The number of hydrogen-bond acceptors (Lipinski definition) is 5. The molecule has 28 heavy (non-hydrogen) atoms. The molecule has 0 unspecified atom stereocenters. The zero-order valence-corrected chi connectivity index (χ0v) is 17.3. The second-order valence-electron chi connectivity index (χ2n) is 7.70. The Bertz CT molecular complexity index is 613. The van der Waals surface area contributed by atoms with Gasteiger partial charge in [0.25, 0.3) is 0 Å². The van der Waals surface area contributed by atoms with Crippen LogP contribution in [0.2, 0.25) is 0 Å². The molecule has 1 aromatic rings. The van der Waals surface area contributed by atoms with Crippen LogP contribution < -0.4 is 15.4 Å². The number of nitrogens with zero attached hydrogens (tertiary/aromatic N) is 3. The quantitative estimate of drug-likeness (QED) is 0.471. The van der Waals surface area contributed by atoms with Gasteiger partial charge in [-0.2, -0.15) is 0 Å². The number of hydrogen-bond donors (Lipinski definition) is 2. The summed E-state index contributed by atoms with van der Waals surface area (Å²) in [5, 5.41) is 6.97. The average Bonchev–Trinajstić information content (AvgIpc) is 3.55. The van der Waals surface area contributed by atoms with E-state index in [-0.39, 0.29) is 0 Å². The van der Waals surface area contributed by atoms with Gasteiger partial charge in [0.05, 0.1) is 19.8 Å². The largest absolute Gasteiger partial charge is 0.477 e. The van der Waals surface area contributed by atoms with Crippen molar-refractivity contribution in [1.29, 1.82) is 0 Å². The van der Waals surface area contributed by atoms with E-state index in [2.05, 4.69) is 27.4 Å². The van der Waals surface area contributed by atoms with Crippen LogP contribution in [0.25, 0.3) is 0 Å². The van der Waals surface area contributed by atoms with Crippen molar-refractivity contribution in [3.8, 4) is 5.88 Å². The zero-order chi connectivity index (χ0) is 19.6. The number of pyridine rings is 1. The number of piperidine rings is 1. The molecule has 7 heteroatoms. The molecule has 0 radical (unpaired) electrons. The van der Waals surface area contributed by atoms with Crippen molar-refractivity contribution in [1.82, 2.24) is 20.5 Å². The van der Waals surface area contributed by atoms with Crippen molar-refractivity contribution < 1.29 is 9.47 Å². The molecule has 0 atom stereocenters. The van der Waals surface area contributed by atoms with Crippen molar-refractivity contribution in [2.75, 3.05) is 46.5 Å². The average molecular weight is 390 g/mol. The highest BCUT2D eigenvalue weighted by molar-refractivity contribution is 5.80. The number of likely N-dealkylation sites (tertiary alicyclic amines) is 1. The Morgan fingerprint density at radius 2 is 2.11 bits per heavy atom. The Balaban J connectivity index is 1.48. The van der Waals surface area contributed by atoms with E-state index in [1.807, 2.05) is 18.3 Å². The number of ether oxygens (including phenoxy) is 2. The third-order valence-electron chi connectivity index (χ3n) is 5.27. The van der Waals surface area contributed by atoms with Crippen LogP contribution in [0.3, 0.4) is 0 Å². The molecule has 0 bridgehead atoms.